The maximum atomic E-state index is 13.8. The number of nitrogens with one attached hydrogen (secondary N) is 1. The molecule has 27 heavy (non-hydrogen) atoms. The molecule has 1 aromatic carbocycles. The van der Waals surface area contributed by atoms with Crippen molar-refractivity contribution in [3.63, 3.8) is 0 Å². The standard InChI is InChI=1S/C21H18F2N4/c1-12-15(13-5-8-17(22)18(23)10-13)6-7-16-19(12)26-20(27-21(16)24-2)14-4-3-9-25-11-14/h3-11,17-18H,1-2H3,(H,24,26,27). The van der Waals surface area contributed by atoms with E-state index in [1.165, 1.54) is 12.2 Å². The van der Waals surface area contributed by atoms with Crippen LogP contribution in [0.15, 0.2) is 54.9 Å². The third-order valence-electron chi connectivity index (χ3n) is 4.69. The van der Waals surface area contributed by atoms with Gasteiger partial charge in [0.2, 0.25) is 0 Å². The molecule has 0 amide bonds. The molecule has 0 aliphatic heterocycles. The summed E-state index contributed by atoms with van der Waals surface area (Å²) in [6.45, 7) is 1.93. The van der Waals surface area contributed by atoms with E-state index in [4.69, 9.17) is 4.98 Å². The summed E-state index contributed by atoms with van der Waals surface area (Å²) in [6.07, 6.45) is 4.37. The molecule has 2 heterocycles. The fourth-order valence-electron chi connectivity index (χ4n) is 3.26. The molecule has 0 bridgehead atoms. The number of aromatic nitrogens is 3. The molecule has 4 rings (SSSR count). The summed E-state index contributed by atoms with van der Waals surface area (Å²) in [5.41, 5.74) is 3.94. The van der Waals surface area contributed by atoms with Gasteiger partial charge in [-0.3, -0.25) is 4.98 Å². The highest BCUT2D eigenvalue weighted by molar-refractivity contribution is 5.96. The van der Waals surface area contributed by atoms with Crippen molar-refractivity contribution in [2.45, 2.75) is 19.3 Å². The molecule has 3 aromatic rings. The predicted molar refractivity (Wildman–Crippen MR) is 104 cm³/mol. The molecule has 1 aliphatic rings. The molecule has 1 aliphatic carbocycles. The lowest BCUT2D eigenvalue weighted by molar-refractivity contribution is 0.246. The molecule has 2 aromatic heterocycles. The SMILES string of the molecule is CNc1nc(-c2cccnc2)nc2c(C)c(C3=CC(F)C(F)C=C3)ccc12. The van der Waals surface area contributed by atoms with Crippen LogP contribution in [-0.2, 0) is 0 Å². The van der Waals surface area contributed by atoms with Crippen LogP contribution in [0.2, 0.25) is 0 Å². The molecule has 136 valence electrons. The fraction of sp³-hybridized carbons (Fsp3) is 0.190. The number of halogens is 2. The smallest absolute Gasteiger partial charge is 0.163 e. The second-order valence-electron chi connectivity index (χ2n) is 6.39. The average Bonchev–Trinajstić information content (AvgIpc) is 2.70. The van der Waals surface area contributed by atoms with Crippen molar-refractivity contribution in [3.05, 3.63) is 66.0 Å². The van der Waals surface area contributed by atoms with E-state index < -0.39 is 12.3 Å². The third-order valence-corrected chi connectivity index (χ3v) is 4.69. The number of allylic oxidation sites excluding steroid dienone is 4. The lowest BCUT2D eigenvalue weighted by atomic mass is 9.93. The highest BCUT2D eigenvalue weighted by Crippen LogP contribution is 2.33. The van der Waals surface area contributed by atoms with Gasteiger partial charge in [0.15, 0.2) is 18.2 Å². The summed E-state index contributed by atoms with van der Waals surface area (Å²) >= 11 is 0. The number of anilines is 1. The topological polar surface area (TPSA) is 50.7 Å². The van der Waals surface area contributed by atoms with Gasteiger partial charge in [-0.2, -0.15) is 0 Å². The van der Waals surface area contributed by atoms with Crippen LogP contribution in [-0.4, -0.2) is 34.3 Å². The monoisotopic (exact) mass is 364 g/mol. The second-order valence-corrected chi connectivity index (χ2v) is 6.39. The van der Waals surface area contributed by atoms with Crippen LogP contribution in [0.4, 0.5) is 14.6 Å². The Hall–Kier alpha value is -3.15. The van der Waals surface area contributed by atoms with E-state index >= 15 is 0 Å². The first-order valence-electron chi connectivity index (χ1n) is 8.66. The Labute approximate surface area is 155 Å². The first-order chi connectivity index (χ1) is 13.1. The summed E-state index contributed by atoms with van der Waals surface area (Å²) in [4.78, 5) is 13.5. The van der Waals surface area contributed by atoms with Gasteiger partial charge in [0.25, 0.3) is 0 Å². The Morgan fingerprint density at radius 1 is 1.07 bits per heavy atom. The first kappa shape index (κ1) is 17.3. The molecule has 2 unspecified atom stereocenters. The van der Waals surface area contributed by atoms with E-state index in [1.807, 2.05) is 31.2 Å². The van der Waals surface area contributed by atoms with Crippen molar-refractivity contribution in [2.24, 2.45) is 0 Å². The maximum absolute atomic E-state index is 13.8. The largest absolute Gasteiger partial charge is 0.373 e. The highest BCUT2D eigenvalue weighted by Gasteiger charge is 2.21. The van der Waals surface area contributed by atoms with Crippen molar-refractivity contribution in [1.82, 2.24) is 15.0 Å². The summed E-state index contributed by atoms with van der Waals surface area (Å²) in [7, 11) is 1.81. The second kappa shape index (κ2) is 6.87. The van der Waals surface area contributed by atoms with E-state index in [0.717, 1.165) is 27.6 Å². The van der Waals surface area contributed by atoms with E-state index in [0.29, 0.717) is 17.2 Å². The molecule has 0 radical (unpaired) electrons. The molecular formula is C21H18F2N4. The Morgan fingerprint density at radius 3 is 2.63 bits per heavy atom. The van der Waals surface area contributed by atoms with Gasteiger partial charge in [0.05, 0.1) is 5.52 Å². The minimum atomic E-state index is -1.63. The van der Waals surface area contributed by atoms with Gasteiger partial charge < -0.3 is 5.32 Å². The molecule has 0 saturated carbocycles. The Bertz CT molecular complexity index is 1060. The predicted octanol–water partition coefficient (Wildman–Crippen LogP) is 4.67. The molecular weight excluding hydrogens is 346 g/mol. The Morgan fingerprint density at radius 2 is 1.93 bits per heavy atom. The first-order valence-corrected chi connectivity index (χ1v) is 8.66. The summed E-state index contributed by atoms with van der Waals surface area (Å²) in [6, 6.07) is 7.53. The number of benzene rings is 1. The van der Waals surface area contributed by atoms with Gasteiger partial charge in [-0.05, 0) is 54.0 Å². The van der Waals surface area contributed by atoms with Gasteiger partial charge in [-0.15, -0.1) is 0 Å². The summed E-state index contributed by atoms with van der Waals surface area (Å²) < 4.78 is 27.2. The van der Waals surface area contributed by atoms with Gasteiger partial charge in [0.1, 0.15) is 5.82 Å². The van der Waals surface area contributed by atoms with Crippen molar-refractivity contribution < 1.29 is 8.78 Å². The van der Waals surface area contributed by atoms with Crippen LogP contribution in [0.5, 0.6) is 0 Å². The van der Waals surface area contributed by atoms with Crippen molar-refractivity contribution in [2.75, 3.05) is 12.4 Å². The number of hydrogen-bond donors (Lipinski definition) is 1. The van der Waals surface area contributed by atoms with E-state index in [1.54, 1.807) is 25.5 Å². The third kappa shape index (κ3) is 3.07. The number of rotatable bonds is 3. The fourth-order valence-corrected chi connectivity index (χ4v) is 3.26. The molecule has 0 fully saturated rings. The lowest BCUT2D eigenvalue weighted by Crippen LogP contribution is -2.15. The van der Waals surface area contributed by atoms with Gasteiger partial charge in [0, 0.05) is 30.4 Å². The number of nitrogens with zero attached hydrogens (tertiary/aromatic N) is 3. The van der Waals surface area contributed by atoms with E-state index in [-0.39, 0.29) is 0 Å². The quantitative estimate of drug-likeness (QED) is 0.734. The minimum Gasteiger partial charge on any atom is -0.373 e. The van der Waals surface area contributed by atoms with Crippen molar-refractivity contribution >= 4 is 22.3 Å². The van der Waals surface area contributed by atoms with E-state index in [9.17, 15) is 8.78 Å². The normalized spacial score (nSPS) is 19.2. The molecule has 0 saturated heterocycles. The molecule has 4 nitrogen and oxygen atoms in total. The minimum absolute atomic E-state index is 0.556. The van der Waals surface area contributed by atoms with Crippen molar-refractivity contribution in [3.8, 4) is 11.4 Å². The number of hydrogen-bond acceptors (Lipinski definition) is 4. The zero-order chi connectivity index (χ0) is 19.0. The lowest BCUT2D eigenvalue weighted by Gasteiger charge is -2.17. The highest BCUT2D eigenvalue weighted by atomic mass is 19.2. The van der Waals surface area contributed by atoms with Gasteiger partial charge in [-0.25, -0.2) is 18.7 Å². The van der Waals surface area contributed by atoms with E-state index in [2.05, 4.69) is 15.3 Å². The Balaban J connectivity index is 1.92. The van der Waals surface area contributed by atoms with Crippen LogP contribution in [0.3, 0.4) is 0 Å². The molecule has 2 atom stereocenters. The number of alkyl halides is 2. The maximum Gasteiger partial charge on any atom is 0.163 e. The number of pyridine rings is 1. The van der Waals surface area contributed by atoms with Crippen LogP contribution in [0.25, 0.3) is 27.9 Å². The average molecular weight is 364 g/mol. The molecule has 1 N–H and O–H groups in total. The number of aryl methyl sites for hydroxylation is 1. The summed E-state index contributed by atoms with van der Waals surface area (Å²) in [5.74, 6) is 1.26. The van der Waals surface area contributed by atoms with Crippen LogP contribution in [0.1, 0.15) is 11.1 Å². The van der Waals surface area contributed by atoms with Gasteiger partial charge in [-0.1, -0.05) is 12.1 Å². The van der Waals surface area contributed by atoms with Gasteiger partial charge >= 0.3 is 0 Å². The molecule has 0 spiro atoms. The van der Waals surface area contributed by atoms with Crippen molar-refractivity contribution in [1.29, 1.82) is 0 Å². The summed E-state index contributed by atoms with van der Waals surface area (Å²) in [5, 5.41) is 3.98. The zero-order valence-corrected chi connectivity index (χ0v) is 14.9. The molecule has 6 heteroatoms. The zero-order valence-electron chi connectivity index (χ0n) is 14.9. The van der Waals surface area contributed by atoms with Crippen LogP contribution >= 0.6 is 0 Å². The van der Waals surface area contributed by atoms with Crippen LogP contribution < -0.4 is 5.32 Å². The Kier molecular flexibility index (Phi) is 4.39. The number of fused-ring (bicyclic) bond motifs is 1. The van der Waals surface area contributed by atoms with Crippen LogP contribution in [0, 0.1) is 6.92 Å².